The van der Waals surface area contributed by atoms with Crippen molar-refractivity contribution in [2.24, 2.45) is 5.92 Å². The maximum atomic E-state index is 10.9. The first-order chi connectivity index (χ1) is 5.60. The molecule has 0 bridgehead atoms. The van der Waals surface area contributed by atoms with E-state index >= 15 is 0 Å². The van der Waals surface area contributed by atoms with Crippen molar-refractivity contribution < 1.29 is 9.59 Å². The Morgan fingerprint density at radius 1 is 1.50 bits per heavy atom. The SMILES string of the molecule is CCC(=O)N[C@H](C=O)CC(C)C. The fraction of sp³-hybridized carbons (Fsp3) is 0.778. The molecule has 1 amide bonds. The van der Waals surface area contributed by atoms with Gasteiger partial charge in [0.15, 0.2) is 0 Å². The van der Waals surface area contributed by atoms with Crippen LogP contribution in [0.5, 0.6) is 0 Å². The van der Waals surface area contributed by atoms with Crippen molar-refractivity contribution in [3.05, 3.63) is 0 Å². The lowest BCUT2D eigenvalue weighted by Gasteiger charge is -2.13. The summed E-state index contributed by atoms with van der Waals surface area (Å²) < 4.78 is 0. The van der Waals surface area contributed by atoms with Crippen LogP contribution in [0, 0.1) is 5.92 Å². The first-order valence-electron chi connectivity index (χ1n) is 4.34. The summed E-state index contributed by atoms with van der Waals surface area (Å²) in [7, 11) is 0. The number of amides is 1. The molecule has 0 radical (unpaired) electrons. The minimum absolute atomic E-state index is 0.0623. The van der Waals surface area contributed by atoms with Crippen LogP contribution in [0.2, 0.25) is 0 Å². The molecule has 0 aliphatic heterocycles. The Bertz CT molecular complexity index is 155. The summed E-state index contributed by atoms with van der Waals surface area (Å²) in [4.78, 5) is 21.4. The minimum Gasteiger partial charge on any atom is -0.347 e. The molecule has 0 aromatic heterocycles. The maximum Gasteiger partial charge on any atom is 0.220 e. The van der Waals surface area contributed by atoms with Gasteiger partial charge in [0.2, 0.25) is 5.91 Å². The molecule has 0 aliphatic carbocycles. The summed E-state index contributed by atoms with van der Waals surface area (Å²) in [6.07, 6.45) is 1.95. The lowest BCUT2D eigenvalue weighted by molar-refractivity contribution is -0.123. The van der Waals surface area contributed by atoms with Gasteiger partial charge in [0.05, 0.1) is 6.04 Å². The van der Waals surface area contributed by atoms with Crippen LogP contribution >= 0.6 is 0 Å². The zero-order valence-corrected chi connectivity index (χ0v) is 7.96. The summed E-state index contributed by atoms with van der Waals surface area (Å²) in [5, 5.41) is 2.64. The Morgan fingerprint density at radius 2 is 2.08 bits per heavy atom. The Labute approximate surface area is 73.5 Å². The maximum absolute atomic E-state index is 10.9. The van der Waals surface area contributed by atoms with E-state index in [9.17, 15) is 9.59 Å². The van der Waals surface area contributed by atoms with Crippen molar-refractivity contribution in [3.63, 3.8) is 0 Å². The summed E-state index contributed by atoms with van der Waals surface area (Å²) >= 11 is 0. The molecule has 0 unspecified atom stereocenters. The van der Waals surface area contributed by atoms with Crippen molar-refractivity contribution in [3.8, 4) is 0 Å². The predicted octanol–water partition coefficient (Wildman–Crippen LogP) is 1.13. The quantitative estimate of drug-likeness (QED) is 0.630. The molecule has 1 atom stereocenters. The van der Waals surface area contributed by atoms with Crippen LogP contribution in [0.4, 0.5) is 0 Å². The molecule has 0 aliphatic rings. The number of carbonyl (C=O) groups is 2. The second kappa shape index (κ2) is 5.75. The van der Waals surface area contributed by atoms with Crippen LogP contribution in [0.25, 0.3) is 0 Å². The highest BCUT2D eigenvalue weighted by molar-refractivity contribution is 5.79. The molecule has 0 aromatic rings. The van der Waals surface area contributed by atoms with Gasteiger partial charge in [0, 0.05) is 6.42 Å². The van der Waals surface area contributed by atoms with Gasteiger partial charge in [-0.15, -0.1) is 0 Å². The Morgan fingerprint density at radius 3 is 2.42 bits per heavy atom. The molecule has 0 saturated heterocycles. The van der Waals surface area contributed by atoms with Gasteiger partial charge in [-0.1, -0.05) is 20.8 Å². The highest BCUT2D eigenvalue weighted by Gasteiger charge is 2.10. The number of aldehydes is 1. The third-order valence-corrected chi connectivity index (χ3v) is 1.56. The van der Waals surface area contributed by atoms with Crippen molar-refractivity contribution in [1.82, 2.24) is 5.32 Å². The largest absolute Gasteiger partial charge is 0.347 e. The fourth-order valence-electron chi connectivity index (χ4n) is 0.965. The van der Waals surface area contributed by atoms with E-state index < -0.39 is 0 Å². The normalized spacial score (nSPS) is 12.7. The Hall–Kier alpha value is -0.860. The molecule has 0 aromatic carbocycles. The smallest absolute Gasteiger partial charge is 0.220 e. The van der Waals surface area contributed by atoms with Crippen LogP contribution in [-0.2, 0) is 9.59 Å². The molecular weight excluding hydrogens is 154 g/mol. The van der Waals surface area contributed by atoms with Crippen molar-refractivity contribution in [1.29, 1.82) is 0 Å². The van der Waals surface area contributed by atoms with Crippen molar-refractivity contribution in [2.75, 3.05) is 0 Å². The van der Waals surface area contributed by atoms with Gasteiger partial charge >= 0.3 is 0 Å². The zero-order valence-electron chi connectivity index (χ0n) is 7.96. The third-order valence-electron chi connectivity index (χ3n) is 1.56. The zero-order chi connectivity index (χ0) is 9.56. The van der Waals surface area contributed by atoms with E-state index in [1.54, 1.807) is 6.92 Å². The molecule has 0 heterocycles. The summed E-state index contributed by atoms with van der Waals surface area (Å²) in [5.41, 5.74) is 0. The van der Waals surface area contributed by atoms with Crippen LogP contribution in [0.1, 0.15) is 33.6 Å². The van der Waals surface area contributed by atoms with E-state index in [0.717, 1.165) is 12.7 Å². The molecule has 70 valence electrons. The fourth-order valence-corrected chi connectivity index (χ4v) is 0.965. The van der Waals surface area contributed by atoms with E-state index in [1.807, 2.05) is 13.8 Å². The lowest BCUT2D eigenvalue weighted by Crippen LogP contribution is -2.36. The average molecular weight is 171 g/mol. The Kier molecular flexibility index (Phi) is 5.34. The summed E-state index contributed by atoms with van der Waals surface area (Å²) in [5.74, 6) is 0.366. The van der Waals surface area contributed by atoms with Gasteiger partial charge in [-0.25, -0.2) is 0 Å². The minimum atomic E-state index is -0.308. The molecule has 0 rings (SSSR count). The second-order valence-corrected chi connectivity index (χ2v) is 3.29. The molecule has 0 spiro atoms. The van der Waals surface area contributed by atoms with Gasteiger partial charge in [-0.2, -0.15) is 0 Å². The first kappa shape index (κ1) is 11.1. The molecule has 3 nitrogen and oxygen atoms in total. The number of hydrogen-bond donors (Lipinski definition) is 1. The van der Waals surface area contributed by atoms with E-state index in [4.69, 9.17) is 0 Å². The molecule has 0 fully saturated rings. The van der Waals surface area contributed by atoms with Gasteiger partial charge in [0.1, 0.15) is 6.29 Å². The van der Waals surface area contributed by atoms with Crippen LogP contribution in [0.15, 0.2) is 0 Å². The number of nitrogens with one attached hydrogen (secondary N) is 1. The number of hydrogen-bond acceptors (Lipinski definition) is 2. The lowest BCUT2D eigenvalue weighted by atomic mass is 10.0. The molecule has 0 saturated carbocycles. The van der Waals surface area contributed by atoms with Gasteiger partial charge < -0.3 is 10.1 Å². The van der Waals surface area contributed by atoms with E-state index in [1.165, 1.54) is 0 Å². The van der Waals surface area contributed by atoms with Crippen LogP contribution < -0.4 is 5.32 Å². The molecule has 12 heavy (non-hydrogen) atoms. The second-order valence-electron chi connectivity index (χ2n) is 3.29. The Balaban J connectivity index is 3.82. The van der Waals surface area contributed by atoms with E-state index in [0.29, 0.717) is 12.3 Å². The van der Waals surface area contributed by atoms with Gasteiger partial charge in [-0.3, -0.25) is 4.79 Å². The van der Waals surface area contributed by atoms with Crippen LogP contribution in [0.3, 0.4) is 0 Å². The van der Waals surface area contributed by atoms with Crippen LogP contribution in [-0.4, -0.2) is 18.2 Å². The standard InChI is InChI=1S/C9H17NO2/c1-4-9(12)10-8(6-11)5-7(2)3/h6-8H,4-5H2,1-3H3,(H,10,12)/t8-/m0/s1. The van der Waals surface area contributed by atoms with E-state index in [-0.39, 0.29) is 11.9 Å². The highest BCUT2D eigenvalue weighted by Crippen LogP contribution is 2.02. The van der Waals surface area contributed by atoms with Gasteiger partial charge in [0.25, 0.3) is 0 Å². The number of rotatable bonds is 5. The monoisotopic (exact) mass is 171 g/mol. The van der Waals surface area contributed by atoms with Crippen molar-refractivity contribution in [2.45, 2.75) is 39.7 Å². The third kappa shape index (κ3) is 4.88. The first-order valence-corrected chi connectivity index (χ1v) is 4.34. The molecular formula is C9H17NO2. The molecule has 1 N–H and O–H groups in total. The highest BCUT2D eigenvalue weighted by atomic mass is 16.2. The average Bonchev–Trinajstić information content (AvgIpc) is 2.02. The molecule has 3 heteroatoms. The predicted molar refractivity (Wildman–Crippen MR) is 47.7 cm³/mol. The summed E-state index contributed by atoms with van der Waals surface area (Å²) in [6, 6.07) is -0.308. The van der Waals surface area contributed by atoms with Gasteiger partial charge in [-0.05, 0) is 12.3 Å². The number of carbonyl (C=O) groups excluding carboxylic acids is 2. The van der Waals surface area contributed by atoms with Crippen molar-refractivity contribution >= 4 is 12.2 Å². The topological polar surface area (TPSA) is 46.2 Å². The van der Waals surface area contributed by atoms with E-state index in [2.05, 4.69) is 5.32 Å². The summed E-state index contributed by atoms with van der Waals surface area (Å²) in [6.45, 7) is 5.82.